The van der Waals surface area contributed by atoms with Gasteiger partial charge in [0, 0.05) is 37.6 Å². The van der Waals surface area contributed by atoms with Gasteiger partial charge in [-0.3, -0.25) is 4.79 Å². The third kappa shape index (κ3) is 4.36. The normalized spacial score (nSPS) is 17.8. The van der Waals surface area contributed by atoms with E-state index in [1.165, 1.54) is 6.42 Å². The number of halogens is 1. The predicted molar refractivity (Wildman–Crippen MR) is 102 cm³/mol. The van der Waals surface area contributed by atoms with Crippen molar-refractivity contribution in [3.63, 3.8) is 0 Å². The van der Waals surface area contributed by atoms with Crippen molar-refractivity contribution in [2.24, 2.45) is 0 Å². The monoisotopic (exact) mass is 406 g/mol. The predicted octanol–water partition coefficient (Wildman–Crippen LogP) is 2.85. The van der Waals surface area contributed by atoms with E-state index >= 15 is 0 Å². The topological polar surface area (TPSA) is 75.9 Å². The summed E-state index contributed by atoms with van der Waals surface area (Å²) in [6.45, 7) is 5.62. The van der Waals surface area contributed by atoms with Crippen molar-refractivity contribution in [3.8, 4) is 0 Å². The summed E-state index contributed by atoms with van der Waals surface area (Å²) in [6, 6.07) is 3.78. The molecule has 0 amide bonds. The molecule has 8 heteroatoms. The fourth-order valence-corrected chi connectivity index (χ4v) is 3.27. The first-order valence-corrected chi connectivity index (χ1v) is 9.42. The lowest BCUT2D eigenvalue weighted by atomic mass is 10.0. The number of nitrogens with zero attached hydrogens (tertiary/aromatic N) is 5. The molecule has 2 aromatic heterocycles. The Morgan fingerprint density at radius 1 is 1.28 bits per heavy atom. The van der Waals surface area contributed by atoms with Crippen molar-refractivity contribution in [2.45, 2.75) is 45.2 Å². The fraction of sp³-hybridized carbons (Fsp3) is 0.529. The van der Waals surface area contributed by atoms with Crippen LogP contribution in [0.25, 0.3) is 0 Å². The first kappa shape index (κ1) is 17.8. The molecule has 1 atom stereocenters. The van der Waals surface area contributed by atoms with E-state index in [1.807, 2.05) is 19.9 Å². The summed E-state index contributed by atoms with van der Waals surface area (Å²) in [5, 5.41) is 7.89. The average Bonchev–Trinajstić information content (AvgIpc) is 2.62. The highest BCUT2D eigenvalue weighted by atomic mass is 79.9. The maximum Gasteiger partial charge on any atom is 0.267 e. The van der Waals surface area contributed by atoms with E-state index in [0.717, 1.165) is 36.2 Å². The molecule has 0 saturated carbocycles. The Morgan fingerprint density at radius 3 is 2.76 bits per heavy atom. The molecule has 1 aliphatic rings. The Labute approximate surface area is 155 Å². The van der Waals surface area contributed by atoms with Gasteiger partial charge in [0.25, 0.3) is 5.56 Å². The molecule has 3 heterocycles. The Kier molecular flexibility index (Phi) is 5.67. The molecule has 1 aliphatic heterocycles. The highest BCUT2D eigenvalue weighted by Crippen LogP contribution is 2.23. The lowest BCUT2D eigenvalue weighted by molar-refractivity contribution is 0.451. The standard InChI is InChI=1S/C17H23BrN6O/c1-12(2)24-16(25)7-6-15(22-24)23-8-4-3-5-14(23)11-21-17-19-9-13(18)10-20-17/h6-7,9-10,12,14H,3-5,8,11H2,1-2H3,(H,19,20,21). The van der Waals surface area contributed by atoms with Gasteiger partial charge in [0.1, 0.15) is 5.82 Å². The molecule has 1 fully saturated rings. The molecule has 3 rings (SSSR count). The second-order valence-electron chi connectivity index (χ2n) is 6.52. The van der Waals surface area contributed by atoms with Crippen LogP contribution in [0.15, 0.2) is 33.8 Å². The molecule has 0 radical (unpaired) electrons. The van der Waals surface area contributed by atoms with Gasteiger partial charge in [-0.15, -0.1) is 0 Å². The molecule has 1 N–H and O–H groups in total. The first-order chi connectivity index (χ1) is 12.0. The molecular formula is C17H23BrN6O. The second-order valence-corrected chi connectivity index (χ2v) is 7.43. The zero-order chi connectivity index (χ0) is 17.8. The molecule has 25 heavy (non-hydrogen) atoms. The van der Waals surface area contributed by atoms with Gasteiger partial charge in [0.2, 0.25) is 5.95 Å². The molecule has 0 aromatic carbocycles. The largest absolute Gasteiger partial charge is 0.352 e. The van der Waals surface area contributed by atoms with E-state index in [2.05, 4.69) is 41.2 Å². The summed E-state index contributed by atoms with van der Waals surface area (Å²) in [6.07, 6.45) is 6.86. The third-order valence-electron chi connectivity index (χ3n) is 4.34. The quantitative estimate of drug-likeness (QED) is 0.822. The second kappa shape index (κ2) is 7.95. The smallest absolute Gasteiger partial charge is 0.267 e. The summed E-state index contributed by atoms with van der Waals surface area (Å²) in [4.78, 5) is 22.8. The molecule has 0 spiro atoms. The number of hydrogen-bond acceptors (Lipinski definition) is 6. The molecule has 7 nitrogen and oxygen atoms in total. The van der Waals surface area contributed by atoms with Gasteiger partial charge in [-0.1, -0.05) is 0 Å². The minimum Gasteiger partial charge on any atom is -0.352 e. The van der Waals surface area contributed by atoms with Crippen LogP contribution in [0, 0.1) is 0 Å². The number of nitrogens with one attached hydrogen (secondary N) is 1. The summed E-state index contributed by atoms with van der Waals surface area (Å²) in [5.74, 6) is 1.48. The van der Waals surface area contributed by atoms with Crippen LogP contribution >= 0.6 is 15.9 Å². The van der Waals surface area contributed by atoms with Gasteiger partial charge in [-0.2, -0.15) is 5.10 Å². The van der Waals surface area contributed by atoms with Crippen LogP contribution in [-0.2, 0) is 0 Å². The number of aromatic nitrogens is 4. The van der Waals surface area contributed by atoms with E-state index in [9.17, 15) is 4.79 Å². The van der Waals surface area contributed by atoms with E-state index in [1.54, 1.807) is 23.1 Å². The molecule has 0 bridgehead atoms. The number of hydrogen-bond donors (Lipinski definition) is 1. The van der Waals surface area contributed by atoms with Crippen LogP contribution < -0.4 is 15.8 Å². The van der Waals surface area contributed by atoms with E-state index in [4.69, 9.17) is 0 Å². The highest BCUT2D eigenvalue weighted by Gasteiger charge is 2.24. The van der Waals surface area contributed by atoms with Gasteiger partial charge in [-0.05, 0) is 55.1 Å². The van der Waals surface area contributed by atoms with Crippen LogP contribution in [0.1, 0.15) is 39.2 Å². The van der Waals surface area contributed by atoms with Gasteiger partial charge in [0.15, 0.2) is 0 Å². The number of piperidine rings is 1. The summed E-state index contributed by atoms with van der Waals surface area (Å²) < 4.78 is 2.41. The van der Waals surface area contributed by atoms with E-state index in [-0.39, 0.29) is 11.6 Å². The van der Waals surface area contributed by atoms with Crippen molar-refractivity contribution < 1.29 is 0 Å². The highest BCUT2D eigenvalue weighted by molar-refractivity contribution is 9.10. The minimum absolute atomic E-state index is 0.0463. The Balaban J connectivity index is 1.75. The van der Waals surface area contributed by atoms with E-state index < -0.39 is 0 Å². The molecule has 1 unspecified atom stereocenters. The number of anilines is 2. The van der Waals surface area contributed by atoms with Crippen molar-refractivity contribution in [3.05, 3.63) is 39.4 Å². The zero-order valence-electron chi connectivity index (χ0n) is 14.5. The summed E-state index contributed by atoms with van der Waals surface area (Å²) in [5.41, 5.74) is -0.0614. The fourth-order valence-electron chi connectivity index (χ4n) is 3.07. The summed E-state index contributed by atoms with van der Waals surface area (Å²) >= 11 is 3.34. The molecule has 0 aliphatic carbocycles. The van der Waals surface area contributed by atoms with Crippen molar-refractivity contribution in [1.82, 2.24) is 19.7 Å². The number of rotatable bonds is 5. The van der Waals surface area contributed by atoms with Gasteiger partial charge in [-0.25, -0.2) is 14.6 Å². The zero-order valence-corrected chi connectivity index (χ0v) is 16.1. The van der Waals surface area contributed by atoms with Gasteiger partial charge < -0.3 is 10.2 Å². The van der Waals surface area contributed by atoms with E-state index in [0.29, 0.717) is 12.0 Å². The van der Waals surface area contributed by atoms with Crippen LogP contribution in [0.2, 0.25) is 0 Å². The van der Waals surface area contributed by atoms with Crippen LogP contribution in [0.5, 0.6) is 0 Å². The Bertz CT molecular complexity index is 760. The average molecular weight is 407 g/mol. The van der Waals surface area contributed by atoms with Crippen molar-refractivity contribution in [2.75, 3.05) is 23.3 Å². The first-order valence-electron chi connectivity index (χ1n) is 8.62. The van der Waals surface area contributed by atoms with Gasteiger partial charge >= 0.3 is 0 Å². The van der Waals surface area contributed by atoms with Gasteiger partial charge in [0.05, 0.1) is 10.5 Å². The van der Waals surface area contributed by atoms with Crippen LogP contribution in [0.4, 0.5) is 11.8 Å². The third-order valence-corrected chi connectivity index (χ3v) is 4.75. The maximum atomic E-state index is 12.0. The maximum absolute atomic E-state index is 12.0. The molecule has 2 aromatic rings. The molecule has 1 saturated heterocycles. The van der Waals surface area contributed by atoms with Crippen molar-refractivity contribution >= 4 is 27.7 Å². The lowest BCUT2D eigenvalue weighted by Crippen LogP contribution is -2.45. The molecular weight excluding hydrogens is 384 g/mol. The summed E-state index contributed by atoms with van der Waals surface area (Å²) in [7, 11) is 0. The minimum atomic E-state index is -0.0614. The SMILES string of the molecule is CC(C)n1nc(N2CCCCC2CNc2ncc(Br)cn2)ccc1=O. The molecule has 134 valence electrons. The van der Waals surface area contributed by atoms with Crippen molar-refractivity contribution in [1.29, 1.82) is 0 Å². The lowest BCUT2D eigenvalue weighted by Gasteiger charge is -2.36. The Hall–Kier alpha value is -1.96. The van der Waals surface area contributed by atoms with Crippen LogP contribution in [0.3, 0.4) is 0 Å². The van der Waals surface area contributed by atoms with Crippen LogP contribution in [-0.4, -0.2) is 38.9 Å². The Morgan fingerprint density at radius 2 is 2.04 bits per heavy atom.